The molecule has 1 aromatic heterocycles. The zero-order chi connectivity index (χ0) is 13.5. The Labute approximate surface area is 119 Å². The highest BCUT2D eigenvalue weighted by Crippen LogP contribution is 2.23. The van der Waals surface area contributed by atoms with Gasteiger partial charge in [0, 0.05) is 38.4 Å². The van der Waals surface area contributed by atoms with Crippen molar-refractivity contribution in [2.45, 2.75) is 32.2 Å². The van der Waals surface area contributed by atoms with Crippen molar-refractivity contribution in [3.8, 4) is 0 Å². The molecule has 19 heavy (non-hydrogen) atoms. The van der Waals surface area contributed by atoms with Crippen molar-refractivity contribution >= 4 is 11.8 Å². The highest BCUT2D eigenvalue weighted by atomic mass is 32.2. The number of nitrogens with one attached hydrogen (secondary N) is 1. The molecule has 108 valence electrons. The van der Waals surface area contributed by atoms with Gasteiger partial charge in [-0.05, 0) is 12.7 Å². The fraction of sp³-hybridized carbons (Fsp3) is 0.846. The van der Waals surface area contributed by atoms with E-state index in [1.54, 1.807) is 11.8 Å². The lowest BCUT2D eigenvalue weighted by atomic mass is 10.1. The number of aromatic nitrogens is 2. The molecule has 0 radical (unpaired) electrons. The van der Waals surface area contributed by atoms with Crippen molar-refractivity contribution in [2.75, 3.05) is 38.2 Å². The zero-order valence-electron chi connectivity index (χ0n) is 11.9. The van der Waals surface area contributed by atoms with Gasteiger partial charge in [0.1, 0.15) is 0 Å². The summed E-state index contributed by atoms with van der Waals surface area (Å²) in [6.45, 7) is 6.46. The van der Waals surface area contributed by atoms with E-state index < -0.39 is 0 Å². The van der Waals surface area contributed by atoms with Gasteiger partial charge < -0.3 is 9.84 Å². The number of hydrogen-bond donors (Lipinski definition) is 1. The molecule has 2 rings (SSSR count). The number of hydrogen-bond acceptors (Lipinski definition) is 6. The van der Waals surface area contributed by atoms with Gasteiger partial charge in [-0.25, -0.2) is 0 Å². The Balaban J connectivity index is 2.02. The predicted molar refractivity (Wildman–Crippen MR) is 78.5 cm³/mol. The van der Waals surface area contributed by atoms with Crippen LogP contribution < -0.4 is 5.32 Å². The van der Waals surface area contributed by atoms with Crippen LogP contribution in [0.4, 0.5) is 0 Å². The van der Waals surface area contributed by atoms with Gasteiger partial charge in [0.05, 0.1) is 6.04 Å². The molecular formula is C13H24N4OS. The summed E-state index contributed by atoms with van der Waals surface area (Å²) in [6.07, 6.45) is 5.21. The van der Waals surface area contributed by atoms with Crippen molar-refractivity contribution in [1.82, 2.24) is 20.4 Å². The SMILES string of the molecule is CCCC(c1noc(CCSC)n1)N1CCNCC1. The molecule has 1 N–H and O–H groups in total. The van der Waals surface area contributed by atoms with Crippen molar-refractivity contribution in [1.29, 1.82) is 0 Å². The molecular weight excluding hydrogens is 260 g/mol. The summed E-state index contributed by atoms with van der Waals surface area (Å²) < 4.78 is 5.37. The lowest BCUT2D eigenvalue weighted by Gasteiger charge is -2.33. The Hall–Kier alpha value is -0.590. The van der Waals surface area contributed by atoms with Crippen molar-refractivity contribution < 1.29 is 4.52 Å². The van der Waals surface area contributed by atoms with Gasteiger partial charge in [-0.15, -0.1) is 0 Å². The Kier molecular flexibility index (Phi) is 6.13. The minimum absolute atomic E-state index is 0.318. The van der Waals surface area contributed by atoms with Crippen LogP contribution in [0.2, 0.25) is 0 Å². The topological polar surface area (TPSA) is 54.2 Å². The number of aryl methyl sites for hydroxylation is 1. The third-order valence-electron chi connectivity index (χ3n) is 3.46. The summed E-state index contributed by atoms with van der Waals surface area (Å²) in [6, 6.07) is 0.318. The number of nitrogens with zero attached hydrogens (tertiary/aromatic N) is 3. The summed E-state index contributed by atoms with van der Waals surface area (Å²) in [5.74, 6) is 2.69. The molecule has 2 heterocycles. The molecule has 0 amide bonds. The van der Waals surface area contributed by atoms with E-state index in [0.29, 0.717) is 6.04 Å². The third kappa shape index (κ3) is 4.19. The molecule has 1 aliphatic rings. The first-order valence-electron chi connectivity index (χ1n) is 7.11. The average Bonchev–Trinajstić information content (AvgIpc) is 2.92. The number of thioether (sulfide) groups is 1. The van der Waals surface area contributed by atoms with Crippen LogP contribution in [0.5, 0.6) is 0 Å². The molecule has 0 aliphatic carbocycles. The first-order chi connectivity index (χ1) is 9.35. The fourth-order valence-corrected chi connectivity index (χ4v) is 2.82. The fourth-order valence-electron chi connectivity index (χ4n) is 2.44. The molecule has 6 heteroatoms. The smallest absolute Gasteiger partial charge is 0.227 e. The van der Waals surface area contributed by atoms with Gasteiger partial charge in [-0.1, -0.05) is 18.5 Å². The van der Waals surface area contributed by atoms with Crippen molar-refractivity contribution in [3.63, 3.8) is 0 Å². The molecule has 1 aromatic rings. The predicted octanol–water partition coefficient (Wildman–Crippen LogP) is 1.72. The van der Waals surface area contributed by atoms with E-state index in [9.17, 15) is 0 Å². The van der Waals surface area contributed by atoms with Crippen LogP contribution in [-0.4, -0.2) is 53.2 Å². The molecule has 1 aliphatic heterocycles. The van der Waals surface area contributed by atoms with Gasteiger partial charge in [-0.2, -0.15) is 16.7 Å². The molecule has 1 unspecified atom stereocenters. The summed E-state index contributed by atoms with van der Waals surface area (Å²) >= 11 is 1.81. The van der Waals surface area contributed by atoms with E-state index in [-0.39, 0.29) is 0 Å². The second-order valence-corrected chi connectivity index (χ2v) is 5.87. The lowest BCUT2D eigenvalue weighted by molar-refractivity contribution is 0.155. The molecule has 0 aromatic carbocycles. The Morgan fingerprint density at radius 1 is 1.42 bits per heavy atom. The number of rotatable bonds is 7. The molecule has 0 saturated carbocycles. The van der Waals surface area contributed by atoms with Crippen LogP contribution in [-0.2, 0) is 6.42 Å². The maximum absolute atomic E-state index is 5.37. The van der Waals surface area contributed by atoms with Crippen LogP contribution in [0, 0.1) is 0 Å². The second kappa shape index (κ2) is 7.87. The maximum atomic E-state index is 5.37. The van der Waals surface area contributed by atoms with E-state index in [0.717, 1.165) is 62.9 Å². The standard InChI is InChI=1S/C13H24N4OS/c1-3-4-11(17-8-6-14-7-9-17)13-15-12(18-16-13)5-10-19-2/h11,14H,3-10H2,1-2H3. The molecule has 0 spiro atoms. The van der Waals surface area contributed by atoms with Gasteiger partial charge >= 0.3 is 0 Å². The summed E-state index contributed by atoms with van der Waals surface area (Å²) in [5.41, 5.74) is 0. The van der Waals surface area contributed by atoms with E-state index in [2.05, 4.69) is 33.5 Å². The Morgan fingerprint density at radius 3 is 2.89 bits per heavy atom. The van der Waals surface area contributed by atoms with Crippen molar-refractivity contribution in [3.05, 3.63) is 11.7 Å². The first-order valence-corrected chi connectivity index (χ1v) is 8.50. The van der Waals surface area contributed by atoms with E-state index in [1.807, 2.05) is 0 Å². The normalized spacial score (nSPS) is 18.6. The summed E-state index contributed by atoms with van der Waals surface area (Å²) in [7, 11) is 0. The van der Waals surface area contributed by atoms with Crippen LogP contribution in [0.3, 0.4) is 0 Å². The molecule has 5 nitrogen and oxygen atoms in total. The van der Waals surface area contributed by atoms with E-state index in [1.165, 1.54) is 0 Å². The van der Waals surface area contributed by atoms with Gasteiger partial charge in [0.25, 0.3) is 0 Å². The summed E-state index contributed by atoms with van der Waals surface area (Å²) in [4.78, 5) is 7.06. The third-order valence-corrected chi connectivity index (χ3v) is 4.07. The Morgan fingerprint density at radius 2 is 2.21 bits per heavy atom. The largest absolute Gasteiger partial charge is 0.339 e. The minimum Gasteiger partial charge on any atom is -0.339 e. The van der Waals surface area contributed by atoms with Crippen LogP contribution in [0.1, 0.15) is 37.5 Å². The molecule has 1 fully saturated rings. The van der Waals surface area contributed by atoms with Gasteiger partial charge in [-0.3, -0.25) is 4.90 Å². The number of piperazine rings is 1. The first kappa shape index (κ1) is 14.8. The maximum Gasteiger partial charge on any atom is 0.227 e. The van der Waals surface area contributed by atoms with Gasteiger partial charge in [0.15, 0.2) is 5.82 Å². The molecule has 0 bridgehead atoms. The van der Waals surface area contributed by atoms with E-state index in [4.69, 9.17) is 4.52 Å². The van der Waals surface area contributed by atoms with E-state index >= 15 is 0 Å². The van der Waals surface area contributed by atoms with Crippen LogP contribution in [0.25, 0.3) is 0 Å². The van der Waals surface area contributed by atoms with Gasteiger partial charge in [0.2, 0.25) is 5.89 Å². The molecule has 1 atom stereocenters. The van der Waals surface area contributed by atoms with Crippen LogP contribution >= 0.6 is 11.8 Å². The quantitative estimate of drug-likeness (QED) is 0.823. The molecule has 1 saturated heterocycles. The zero-order valence-corrected chi connectivity index (χ0v) is 12.7. The highest BCUT2D eigenvalue weighted by Gasteiger charge is 2.25. The monoisotopic (exact) mass is 284 g/mol. The minimum atomic E-state index is 0.318. The average molecular weight is 284 g/mol. The lowest BCUT2D eigenvalue weighted by Crippen LogP contribution is -2.45. The Bertz CT molecular complexity index is 365. The second-order valence-electron chi connectivity index (χ2n) is 4.88. The van der Waals surface area contributed by atoms with Crippen LogP contribution in [0.15, 0.2) is 4.52 Å². The summed E-state index contributed by atoms with van der Waals surface area (Å²) in [5, 5.41) is 7.59. The highest BCUT2D eigenvalue weighted by molar-refractivity contribution is 7.98. The van der Waals surface area contributed by atoms with Crippen molar-refractivity contribution in [2.24, 2.45) is 0 Å².